The standard InChI is InChI=1S/C16H31N3O2/c1-13(2)17-16(15(20)21-4)7-5-6-14(12-16)19-10-8-18(3)9-11-19/h13-14,17H,5-12H2,1-4H3. The van der Waals surface area contributed by atoms with E-state index in [0.29, 0.717) is 6.04 Å². The lowest BCUT2D eigenvalue weighted by Gasteiger charge is -2.46. The van der Waals surface area contributed by atoms with Crippen LogP contribution >= 0.6 is 0 Å². The summed E-state index contributed by atoms with van der Waals surface area (Å²) in [7, 11) is 3.68. The van der Waals surface area contributed by atoms with Crippen LogP contribution in [0.1, 0.15) is 39.5 Å². The molecule has 1 heterocycles. The van der Waals surface area contributed by atoms with Gasteiger partial charge in [-0.25, -0.2) is 0 Å². The van der Waals surface area contributed by atoms with Gasteiger partial charge in [0.15, 0.2) is 0 Å². The molecular formula is C16H31N3O2. The van der Waals surface area contributed by atoms with Crippen LogP contribution in [0.15, 0.2) is 0 Å². The summed E-state index contributed by atoms with van der Waals surface area (Å²) in [6, 6.07) is 0.785. The smallest absolute Gasteiger partial charge is 0.326 e. The van der Waals surface area contributed by atoms with E-state index in [-0.39, 0.29) is 12.0 Å². The van der Waals surface area contributed by atoms with E-state index in [2.05, 4.69) is 36.0 Å². The molecule has 122 valence electrons. The highest BCUT2D eigenvalue weighted by molar-refractivity contribution is 5.81. The molecule has 21 heavy (non-hydrogen) atoms. The van der Waals surface area contributed by atoms with Crippen LogP contribution < -0.4 is 5.32 Å². The molecule has 2 unspecified atom stereocenters. The minimum atomic E-state index is -0.491. The van der Waals surface area contributed by atoms with Gasteiger partial charge in [0, 0.05) is 38.3 Å². The first-order valence-electron chi connectivity index (χ1n) is 8.25. The highest BCUT2D eigenvalue weighted by Crippen LogP contribution is 2.33. The van der Waals surface area contributed by atoms with Crippen molar-refractivity contribution in [2.45, 2.75) is 57.2 Å². The van der Waals surface area contributed by atoms with Crippen molar-refractivity contribution in [2.75, 3.05) is 40.3 Å². The maximum Gasteiger partial charge on any atom is 0.326 e. The first kappa shape index (κ1) is 16.7. The van der Waals surface area contributed by atoms with Crippen LogP contribution in [0.2, 0.25) is 0 Å². The lowest BCUT2D eigenvalue weighted by Crippen LogP contribution is -2.61. The van der Waals surface area contributed by atoms with Gasteiger partial charge in [-0.15, -0.1) is 0 Å². The van der Waals surface area contributed by atoms with Gasteiger partial charge in [0.25, 0.3) is 0 Å². The summed E-state index contributed by atoms with van der Waals surface area (Å²) < 4.78 is 5.12. The molecule has 2 aliphatic rings. The number of nitrogens with zero attached hydrogens (tertiary/aromatic N) is 2. The summed E-state index contributed by atoms with van der Waals surface area (Å²) in [4.78, 5) is 17.3. The van der Waals surface area contributed by atoms with Gasteiger partial charge in [-0.2, -0.15) is 0 Å². The zero-order valence-electron chi connectivity index (χ0n) is 14.0. The molecule has 5 heteroatoms. The topological polar surface area (TPSA) is 44.8 Å². The predicted molar refractivity (Wildman–Crippen MR) is 84.3 cm³/mol. The number of rotatable bonds is 4. The summed E-state index contributed by atoms with van der Waals surface area (Å²) in [5.41, 5.74) is -0.491. The van der Waals surface area contributed by atoms with Gasteiger partial charge in [0.05, 0.1) is 7.11 Å². The third-order valence-electron chi connectivity index (χ3n) is 4.92. The van der Waals surface area contributed by atoms with Crippen LogP contribution in [0.4, 0.5) is 0 Å². The number of methoxy groups -OCH3 is 1. The van der Waals surface area contributed by atoms with Gasteiger partial charge < -0.3 is 9.64 Å². The Kier molecular flexibility index (Phi) is 5.63. The maximum absolute atomic E-state index is 12.4. The molecule has 1 aliphatic heterocycles. The Morgan fingerprint density at radius 2 is 1.95 bits per heavy atom. The minimum Gasteiger partial charge on any atom is -0.468 e. The van der Waals surface area contributed by atoms with Gasteiger partial charge in [0.2, 0.25) is 0 Å². The van der Waals surface area contributed by atoms with Gasteiger partial charge >= 0.3 is 5.97 Å². The minimum absolute atomic E-state index is 0.0879. The quantitative estimate of drug-likeness (QED) is 0.787. The van der Waals surface area contributed by atoms with Crippen LogP contribution in [-0.2, 0) is 9.53 Å². The molecule has 0 amide bonds. The van der Waals surface area contributed by atoms with Crippen LogP contribution in [0.25, 0.3) is 0 Å². The molecule has 5 nitrogen and oxygen atoms in total. The Morgan fingerprint density at radius 3 is 2.52 bits per heavy atom. The fraction of sp³-hybridized carbons (Fsp3) is 0.938. The van der Waals surface area contributed by atoms with E-state index in [1.165, 1.54) is 13.5 Å². The zero-order chi connectivity index (χ0) is 15.5. The van der Waals surface area contributed by atoms with Crippen LogP contribution in [0.3, 0.4) is 0 Å². The number of carbonyl (C=O) groups is 1. The van der Waals surface area contributed by atoms with Crippen molar-refractivity contribution >= 4 is 5.97 Å². The molecule has 1 aliphatic carbocycles. The second kappa shape index (κ2) is 7.07. The van der Waals surface area contributed by atoms with Crippen LogP contribution in [0.5, 0.6) is 0 Å². The van der Waals surface area contributed by atoms with Gasteiger partial charge in [0.1, 0.15) is 5.54 Å². The molecule has 2 fully saturated rings. The number of nitrogens with one attached hydrogen (secondary N) is 1. The van der Waals surface area contributed by atoms with E-state index in [4.69, 9.17) is 4.74 Å². The third kappa shape index (κ3) is 3.96. The van der Waals surface area contributed by atoms with Crippen molar-refractivity contribution in [1.29, 1.82) is 0 Å². The number of likely N-dealkylation sites (N-methyl/N-ethyl adjacent to an activating group) is 1. The number of hydrogen-bond donors (Lipinski definition) is 1. The fourth-order valence-corrected chi connectivity index (χ4v) is 3.87. The monoisotopic (exact) mass is 297 g/mol. The molecule has 0 radical (unpaired) electrons. The summed E-state index contributed by atoms with van der Waals surface area (Å²) in [6.07, 6.45) is 4.05. The van der Waals surface area contributed by atoms with Crippen molar-refractivity contribution in [2.24, 2.45) is 0 Å². The van der Waals surface area contributed by atoms with Crippen molar-refractivity contribution in [3.05, 3.63) is 0 Å². The molecule has 1 saturated heterocycles. The van der Waals surface area contributed by atoms with Crippen molar-refractivity contribution in [1.82, 2.24) is 15.1 Å². The molecule has 0 aromatic heterocycles. The van der Waals surface area contributed by atoms with E-state index >= 15 is 0 Å². The summed E-state index contributed by atoms with van der Waals surface area (Å²) >= 11 is 0. The summed E-state index contributed by atoms with van der Waals surface area (Å²) in [5.74, 6) is -0.0879. The number of hydrogen-bond acceptors (Lipinski definition) is 5. The average molecular weight is 297 g/mol. The molecule has 1 saturated carbocycles. The first-order chi connectivity index (χ1) is 9.97. The molecule has 0 spiro atoms. The maximum atomic E-state index is 12.4. The molecular weight excluding hydrogens is 266 g/mol. The Bertz CT molecular complexity index is 353. The fourth-order valence-electron chi connectivity index (χ4n) is 3.87. The Hall–Kier alpha value is -0.650. The lowest BCUT2D eigenvalue weighted by atomic mass is 9.77. The second-order valence-corrected chi connectivity index (χ2v) is 6.96. The summed E-state index contributed by atoms with van der Waals surface area (Å²) in [6.45, 7) is 8.67. The van der Waals surface area contributed by atoms with Gasteiger partial charge in [-0.3, -0.25) is 15.0 Å². The predicted octanol–water partition coefficient (Wildman–Crippen LogP) is 1.09. The Labute approximate surface area is 129 Å². The van der Waals surface area contributed by atoms with Crippen LogP contribution in [0, 0.1) is 0 Å². The van der Waals surface area contributed by atoms with Crippen LogP contribution in [-0.4, -0.2) is 73.7 Å². The normalized spacial score (nSPS) is 32.3. The molecule has 0 bridgehead atoms. The van der Waals surface area contributed by atoms with Gasteiger partial charge in [-0.1, -0.05) is 0 Å². The Morgan fingerprint density at radius 1 is 1.29 bits per heavy atom. The van der Waals surface area contributed by atoms with E-state index in [1.54, 1.807) is 0 Å². The second-order valence-electron chi connectivity index (χ2n) is 6.96. The Balaban J connectivity index is 2.07. The third-order valence-corrected chi connectivity index (χ3v) is 4.92. The highest BCUT2D eigenvalue weighted by Gasteiger charge is 2.45. The van der Waals surface area contributed by atoms with Gasteiger partial charge in [-0.05, 0) is 46.6 Å². The molecule has 1 N–H and O–H groups in total. The number of carbonyl (C=O) groups excluding carboxylic acids is 1. The van der Waals surface area contributed by atoms with E-state index in [1.807, 2.05) is 0 Å². The first-order valence-corrected chi connectivity index (χ1v) is 8.25. The number of esters is 1. The number of ether oxygens (including phenoxy) is 1. The van der Waals surface area contributed by atoms with E-state index in [0.717, 1.165) is 45.4 Å². The summed E-state index contributed by atoms with van der Waals surface area (Å²) in [5, 5.41) is 3.51. The van der Waals surface area contributed by atoms with E-state index < -0.39 is 5.54 Å². The largest absolute Gasteiger partial charge is 0.468 e. The van der Waals surface area contributed by atoms with Crippen molar-refractivity contribution in [3.8, 4) is 0 Å². The molecule has 2 atom stereocenters. The molecule has 0 aromatic carbocycles. The van der Waals surface area contributed by atoms with Crippen molar-refractivity contribution in [3.63, 3.8) is 0 Å². The lowest BCUT2D eigenvalue weighted by molar-refractivity contribution is -0.151. The molecule has 0 aromatic rings. The zero-order valence-corrected chi connectivity index (χ0v) is 14.0. The molecule has 2 rings (SSSR count). The number of piperazine rings is 1. The average Bonchev–Trinajstić information content (AvgIpc) is 2.46. The van der Waals surface area contributed by atoms with Crippen molar-refractivity contribution < 1.29 is 9.53 Å². The van der Waals surface area contributed by atoms with E-state index in [9.17, 15) is 4.79 Å². The highest BCUT2D eigenvalue weighted by atomic mass is 16.5. The SMILES string of the molecule is COC(=O)C1(NC(C)C)CCCC(N2CCN(C)CC2)C1.